The van der Waals surface area contributed by atoms with Crippen LogP contribution in [0.2, 0.25) is 0 Å². The molecule has 7 heteroatoms. The highest BCUT2D eigenvalue weighted by molar-refractivity contribution is 7.93. The molecule has 3 aromatic rings. The molecule has 0 spiro atoms. The maximum Gasteiger partial charge on any atom is 0.264 e. The summed E-state index contributed by atoms with van der Waals surface area (Å²) in [6.07, 6.45) is 3.66. The molecule has 0 N–H and O–H groups in total. The minimum atomic E-state index is -3.70. The molecule has 0 bridgehead atoms. The number of fused-ring (bicyclic) bond motifs is 1. The molecule has 1 aliphatic rings. The molecule has 0 aliphatic carbocycles. The third kappa shape index (κ3) is 3.19. The molecule has 0 saturated heterocycles. The lowest BCUT2D eigenvalue weighted by molar-refractivity contribution is 0.578. The summed E-state index contributed by atoms with van der Waals surface area (Å²) >= 11 is 0. The van der Waals surface area contributed by atoms with Gasteiger partial charge < -0.3 is 9.47 Å². The molecule has 6 nitrogen and oxygen atoms in total. The average Bonchev–Trinajstić information content (AvgIpc) is 3.11. The minimum Gasteiger partial charge on any atom is -0.368 e. The van der Waals surface area contributed by atoms with Gasteiger partial charge in [-0.15, -0.1) is 0 Å². The molecule has 0 fully saturated rings. The van der Waals surface area contributed by atoms with E-state index < -0.39 is 10.0 Å². The Bertz CT molecular complexity index is 1180. The van der Waals surface area contributed by atoms with Gasteiger partial charge in [-0.3, -0.25) is 4.31 Å². The Kier molecular flexibility index (Phi) is 4.65. The van der Waals surface area contributed by atoms with Gasteiger partial charge in [-0.2, -0.15) is 0 Å². The van der Waals surface area contributed by atoms with Crippen molar-refractivity contribution < 1.29 is 8.42 Å². The van der Waals surface area contributed by atoms with Gasteiger partial charge in [-0.05, 0) is 63.1 Å². The van der Waals surface area contributed by atoms with Crippen LogP contribution in [0.1, 0.15) is 23.7 Å². The maximum atomic E-state index is 13.7. The van der Waals surface area contributed by atoms with Gasteiger partial charge in [0.15, 0.2) is 0 Å². The molecular weight excluding hydrogens is 384 g/mol. The Labute approximate surface area is 172 Å². The Morgan fingerprint density at radius 2 is 1.83 bits per heavy atom. The van der Waals surface area contributed by atoms with E-state index in [1.54, 1.807) is 16.7 Å². The fourth-order valence-electron chi connectivity index (χ4n) is 3.93. The second-order valence-corrected chi connectivity index (χ2v) is 9.64. The smallest absolute Gasteiger partial charge is 0.264 e. The monoisotopic (exact) mass is 410 g/mol. The van der Waals surface area contributed by atoms with Crippen LogP contribution in [0.5, 0.6) is 0 Å². The molecule has 29 heavy (non-hydrogen) atoms. The second-order valence-electron chi connectivity index (χ2n) is 7.81. The fourth-order valence-corrected chi connectivity index (χ4v) is 5.76. The number of hydrogen-bond acceptors (Lipinski definition) is 4. The number of aromatic nitrogens is 2. The van der Waals surface area contributed by atoms with Crippen molar-refractivity contribution in [2.45, 2.75) is 38.6 Å². The number of likely N-dealkylation sites (N-methyl/N-ethyl adjacent to an activating group) is 1. The zero-order valence-corrected chi connectivity index (χ0v) is 18.2. The SMILES string of the molecule is Cc1cn(-c2ccc(S(=O)(=O)N3C[C@H](C)N(C)c4cccc(C)c43)c(C)c2)cn1. The van der Waals surface area contributed by atoms with Gasteiger partial charge in [0.2, 0.25) is 0 Å². The van der Waals surface area contributed by atoms with E-state index in [1.807, 2.05) is 75.8 Å². The van der Waals surface area contributed by atoms with E-state index >= 15 is 0 Å². The van der Waals surface area contributed by atoms with E-state index in [1.165, 1.54) is 0 Å². The van der Waals surface area contributed by atoms with E-state index in [-0.39, 0.29) is 6.04 Å². The van der Waals surface area contributed by atoms with Crippen molar-refractivity contribution >= 4 is 21.4 Å². The van der Waals surface area contributed by atoms with Crippen LogP contribution in [0.25, 0.3) is 5.69 Å². The molecule has 1 atom stereocenters. The van der Waals surface area contributed by atoms with Crippen molar-refractivity contribution in [2.75, 3.05) is 22.8 Å². The predicted octanol–water partition coefficient (Wildman–Crippen LogP) is 3.83. The maximum absolute atomic E-state index is 13.7. The zero-order chi connectivity index (χ0) is 20.9. The van der Waals surface area contributed by atoms with Crippen molar-refractivity contribution in [3.8, 4) is 5.69 Å². The van der Waals surface area contributed by atoms with Crippen LogP contribution in [-0.4, -0.2) is 37.6 Å². The van der Waals surface area contributed by atoms with Crippen molar-refractivity contribution in [1.82, 2.24) is 9.55 Å². The fraction of sp³-hybridized carbons (Fsp3) is 0.318. The number of hydrogen-bond donors (Lipinski definition) is 0. The summed E-state index contributed by atoms with van der Waals surface area (Å²) in [5.74, 6) is 0. The summed E-state index contributed by atoms with van der Waals surface area (Å²) < 4.78 is 30.9. The van der Waals surface area contributed by atoms with Crippen molar-refractivity contribution in [2.24, 2.45) is 0 Å². The van der Waals surface area contributed by atoms with Crippen LogP contribution in [0.4, 0.5) is 11.4 Å². The molecular formula is C22H26N4O2S. The third-order valence-corrected chi connectivity index (χ3v) is 7.60. The first kappa shape index (κ1) is 19.5. The molecule has 2 heterocycles. The summed E-state index contributed by atoms with van der Waals surface area (Å²) in [4.78, 5) is 6.73. The lowest BCUT2D eigenvalue weighted by Gasteiger charge is -2.41. The van der Waals surface area contributed by atoms with Crippen LogP contribution in [0, 0.1) is 20.8 Å². The van der Waals surface area contributed by atoms with Gasteiger partial charge >= 0.3 is 0 Å². The molecule has 0 unspecified atom stereocenters. The largest absolute Gasteiger partial charge is 0.368 e. The lowest BCUT2D eigenvalue weighted by Crippen LogP contribution is -2.48. The van der Waals surface area contributed by atoms with Gasteiger partial charge in [0.05, 0.1) is 34.8 Å². The van der Waals surface area contributed by atoms with Gasteiger partial charge in [0.1, 0.15) is 0 Å². The van der Waals surface area contributed by atoms with Crippen LogP contribution in [-0.2, 0) is 10.0 Å². The Morgan fingerprint density at radius 3 is 2.48 bits per heavy atom. The lowest BCUT2D eigenvalue weighted by atomic mass is 10.1. The predicted molar refractivity (Wildman–Crippen MR) is 117 cm³/mol. The Morgan fingerprint density at radius 1 is 1.07 bits per heavy atom. The molecule has 152 valence electrons. The summed E-state index contributed by atoms with van der Waals surface area (Å²) in [6, 6.07) is 11.4. The van der Waals surface area contributed by atoms with Crippen LogP contribution >= 0.6 is 0 Å². The van der Waals surface area contributed by atoms with Crippen LogP contribution in [0.15, 0.2) is 53.8 Å². The van der Waals surface area contributed by atoms with E-state index in [0.29, 0.717) is 11.4 Å². The molecule has 1 aromatic heterocycles. The molecule has 4 rings (SSSR count). The number of benzene rings is 2. The quantitative estimate of drug-likeness (QED) is 0.658. The molecule has 0 radical (unpaired) electrons. The summed E-state index contributed by atoms with van der Waals surface area (Å²) in [6.45, 7) is 8.20. The summed E-state index contributed by atoms with van der Waals surface area (Å²) in [5, 5.41) is 0. The number of rotatable bonds is 3. The zero-order valence-electron chi connectivity index (χ0n) is 17.4. The van der Waals surface area contributed by atoms with E-state index in [4.69, 9.17) is 0 Å². The van der Waals surface area contributed by atoms with Crippen LogP contribution < -0.4 is 9.21 Å². The van der Waals surface area contributed by atoms with Crippen molar-refractivity contribution in [1.29, 1.82) is 0 Å². The number of anilines is 2. The number of imidazole rings is 1. The summed E-state index contributed by atoms with van der Waals surface area (Å²) in [5.41, 5.74) is 5.18. The highest BCUT2D eigenvalue weighted by atomic mass is 32.2. The van der Waals surface area contributed by atoms with Gasteiger partial charge in [0.25, 0.3) is 10.0 Å². The summed E-state index contributed by atoms with van der Waals surface area (Å²) in [7, 11) is -1.68. The molecule has 2 aromatic carbocycles. The normalized spacial score (nSPS) is 16.8. The first-order chi connectivity index (χ1) is 13.7. The van der Waals surface area contributed by atoms with E-state index in [9.17, 15) is 8.42 Å². The number of para-hydroxylation sites is 1. The first-order valence-electron chi connectivity index (χ1n) is 9.67. The number of nitrogens with zero attached hydrogens (tertiary/aromatic N) is 4. The topological polar surface area (TPSA) is 58.4 Å². The van der Waals surface area contributed by atoms with Crippen molar-refractivity contribution in [3.63, 3.8) is 0 Å². The molecule has 0 saturated carbocycles. The second kappa shape index (κ2) is 6.91. The standard InChI is InChI=1S/C22H26N4O2S/c1-15-7-6-8-20-22(15)26(13-18(4)24(20)5)29(27,28)21-10-9-19(11-16(21)2)25-12-17(3)23-14-25/h6-12,14,18H,13H2,1-5H3/t18-/m0/s1. The first-order valence-corrected chi connectivity index (χ1v) is 11.1. The van der Waals surface area contributed by atoms with Gasteiger partial charge in [-0.1, -0.05) is 12.1 Å². The van der Waals surface area contributed by atoms with E-state index in [2.05, 4.69) is 9.88 Å². The highest BCUT2D eigenvalue weighted by Gasteiger charge is 2.35. The van der Waals surface area contributed by atoms with Gasteiger partial charge in [-0.25, -0.2) is 13.4 Å². The van der Waals surface area contributed by atoms with Gasteiger partial charge in [0, 0.05) is 25.0 Å². The Balaban J connectivity index is 1.81. The Hall–Kier alpha value is -2.80. The molecule has 1 aliphatic heterocycles. The number of aryl methyl sites for hydroxylation is 3. The average molecular weight is 411 g/mol. The van der Waals surface area contributed by atoms with E-state index in [0.717, 1.165) is 33.9 Å². The minimum absolute atomic E-state index is 0.0765. The van der Waals surface area contributed by atoms with Crippen molar-refractivity contribution in [3.05, 3.63) is 65.7 Å². The highest BCUT2D eigenvalue weighted by Crippen LogP contribution is 2.40. The third-order valence-electron chi connectivity index (χ3n) is 5.67. The number of sulfonamides is 1. The van der Waals surface area contributed by atoms with Crippen LogP contribution in [0.3, 0.4) is 0 Å². The molecule has 0 amide bonds.